The lowest BCUT2D eigenvalue weighted by atomic mass is 10.1. The van der Waals surface area contributed by atoms with Crippen LogP contribution in [0.25, 0.3) is 0 Å². The van der Waals surface area contributed by atoms with Crippen molar-refractivity contribution in [2.75, 3.05) is 12.4 Å². The molecule has 0 bridgehead atoms. The summed E-state index contributed by atoms with van der Waals surface area (Å²) in [5.41, 5.74) is -0.604. The van der Waals surface area contributed by atoms with Crippen molar-refractivity contribution in [3.8, 4) is 5.75 Å². The van der Waals surface area contributed by atoms with Crippen LogP contribution in [-0.4, -0.2) is 29.4 Å². The monoisotopic (exact) mass is 379 g/mol. The third kappa shape index (κ3) is 3.67. The number of rotatable bonds is 5. The van der Waals surface area contributed by atoms with E-state index in [2.05, 4.69) is 5.32 Å². The van der Waals surface area contributed by atoms with Crippen molar-refractivity contribution < 1.29 is 19.1 Å². The summed E-state index contributed by atoms with van der Waals surface area (Å²) in [6.07, 6.45) is -0.731. The Balaban J connectivity index is 2.01. The average molecular weight is 381 g/mol. The van der Waals surface area contributed by atoms with Gasteiger partial charge in [0.2, 0.25) is 0 Å². The number of ether oxygens (including phenoxy) is 2. The maximum Gasteiger partial charge on any atom is 0.315 e. The minimum absolute atomic E-state index is 0.290. The standard InChI is InChI=1S/C15H16Cl3NO4/c1-8(23-13(21)14(2)7-15(14,17)18)12(20)19-10-6-9(16)4-5-11(10)22-3/h4-6,8H,7H2,1-3H3,(H,19,20)/t8-,14-/m1/s1. The zero-order valence-corrected chi connectivity index (χ0v) is 15.1. The Kier molecular flexibility index (Phi) is 5.04. The lowest BCUT2D eigenvalue weighted by Gasteiger charge is -2.18. The van der Waals surface area contributed by atoms with Crippen LogP contribution in [0.4, 0.5) is 5.69 Å². The van der Waals surface area contributed by atoms with Gasteiger partial charge in [0.1, 0.15) is 15.5 Å². The lowest BCUT2D eigenvalue weighted by molar-refractivity contribution is -0.158. The quantitative estimate of drug-likeness (QED) is 0.623. The first kappa shape index (κ1) is 18.2. The molecule has 0 saturated heterocycles. The number of hydrogen-bond acceptors (Lipinski definition) is 4. The molecular weight excluding hydrogens is 365 g/mol. The Labute approximate surface area is 149 Å². The first-order valence-corrected chi connectivity index (χ1v) is 7.97. The number of benzene rings is 1. The Bertz CT molecular complexity index is 650. The third-order valence-corrected chi connectivity index (χ3v) is 5.12. The van der Waals surface area contributed by atoms with Crippen molar-refractivity contribution >= 4 is 52.4 Å². The summed E-state index contributed by atoms with van der Waals surface area (Å²) in [5.74, 6) is -0.683. The first-order chi connectivity index (χ1) is 10.6. The second-order valence-corrected chi connectivity index (χ2v) is 7.52. The molecule has 0 radical (unpaired) electrons. The molecule has 126 valence electrons. The van der Waals surface area contributed by atoms with Crippen molar-refractivity contribution in [1.29, 1.82) is 0 Å². The van der Waals surface area contributed by atoms with Crippen molar-refractivity contribution in [2.24, 2.45) is 5.41 Å². The van der Waals surface area contributed by atoms with E-state index in [1.165, 1.54) is 20.1 Å². The maximum atomic E-state index is 12.2. The molecule has 1 aliphatic rings. The summed E-state index contributed by atoms with van der Waals surface area (Å²) in [7, 11) is 1.47. The molecule has 23 heavy (non-hydrogen) atoms. The van der Waals surface area contributed by atoms with Gasteiger partial charge in [-0.15, -0.1) is 23.2 Å². The SMILES string of the molecule is COc1ccc(Cl)cc1NC(=O)[C@@H](C)OC(=O)[C@@]1(C)CC1(Cl)Cl. The van der Waals surface area contributed by atoms with E-state index in [1.54, 1.807) is 19.1 Å². The largest absolute Gasteiger partial charge is 0.495 e. The Morgan fingerprint density at radius 1 is 1.35 bits per heavy atom. The molecule has 1 saturated carbocycles. The summed E-state index contributed by atoms with van der Waals surface area (Å²) in [5, 5.41) is 3.04. The van der Waals surface area contributed by atoms with Gasteiger partial charge in [-0.3, -0.25) is 9.59 Å². The normalized spacial score (nSPS) is 22.9. The number of alkyl halides is 2. The van der Waals surface area contributed by atoms with Crippen LogP contribution in [0, 0.1) is 5.41 Å². The highest BCUT2D eigenvalue weighted by Crippen LogP contribution is 2.64. The van der Waals surface area contributed by atoms with Gasteiger partial charge in [-0.05, 0) is 32.0 Å². The van der Waals surface area contributed by atoms with Crippen LogP contribution in [0.2, 0.25) is 5.02 Å². The number of halogens is 3. The third-order valence-electron chi connectivity index (χ3n) is 3.78. The molecule has 1 fully saturated rings. The fraction of sp³-hybridized carbons (Fsp3) is 0.467. The molecule has 1 N–H and O–H groups in total. The van der Waals surface area contributed by atoms with Gasteiger partial charge in [0, 0.05) is 11.4 Å². The molecular formula is C15H16Cl3NO4. The molecule has 1 aromatic carbocycles. The van der Waals surface area contributed by atoms with Gasteiger partial charge in [-0.2, -0.15) is 0 Å². The van der Waals surface area contributed by atoms with E-state index in [-0.39, 0.29) is 0 Å². The Morgan fingerprint density at radius 3 is 2.48 bits per heavy atom. The number of nitrogens with one attached hydrogen (secondary N) is 1. The van der Waals surface area contributed by atoms with Crippen LogP contribution >= 0.6 is 34.8 Å². The molecule has 1 aliphatic carbocycles. The van der Waals surface area contributed by atoms with Crippen molar-refractivity contribution in [3.05, 3.63) is 23.2 Å². The number of carbonyl (C=O) groups is 2. The minimum Gasteiger partial charge on any atom is -0.495 e. The predicted octanol–water partition coefficient (Wildman–Crippen LogP) is 3.80. The molecule has 0 heterocycles. The highest BCUT2D eigenvalue weighted by Gasteiger charge is 2.69. The molecule has 0 spiro atoms. The fourth-order valence-corrected chi connectivity index (χ4v) is 2.84. The van der Waals surface area contributed by atoms with Gasteiger partial charge in [-0.25, -0.2) is 0 Å². The molecule has 2 rings (SSSR count). The minimum atomic E-state index is -1.14. The molecule has 1 aromatic rings. The van der Waals surface area contributed by atoms with Gasteiger partial charge in [0.05, 0.1) is 12.8 Å². The lowest BCUT2D eigenvalue weighted by Crippen LogP contribution is -2.33. The maximum absolute atomic E-state index is 12.2. The van der Waals surface area contributed by atoms with E-state index >= 15 is 0 Å². The highest BCUT2D eigenvalue weighted by molar-refractivity contribution is 6.53. The molecule has 8 heteroatoms. The molecule has 2 atom stereocenters. The van der Waals surface area contributed by atoms with Crippen LogP contribution in [-0.2, 0) is 14.3 Å². The number of esters is 1. The van der Waals surface area contributed by atoms with Gasteiger partial charge in [0.15, 0.2) is 6.10 Å². The van der Waals surface area contributed by atoms with Gasteiger partial charge in [0.25, 0.3) is 5.91 Å². The molecule has 5 nitrogen and oxygen atoms in total. The fourth-order valence-electron chi connectivity index (χ4n) is 1.98. The zero-order chi connectivity index (χ0) is 17.4. The van der Waals surface area contributed by atoms with E-state index in [0.29, 0.717) is 22.9 Å². The zero-order valence-electron chi connectivity index (χ0n) is 12.8. The second-order valence-electron chi connectivity index (χ2n) is 5.59. The van der Waals surface area contributed by atoms with Crippen LogP contribution in [0.15, 0.2) is 18.2 Å². The summed E-state index contributed by atoms with van der Waals surface area (Å²) in [4.78, 5) is 24.3. The Hall–Kier alpha value is -1.17. The predicted molar refractivity (Wildman–Crippen MR) is 89.3 cm³/mol. The van der Waals surface area contributed by atoms with E-state index in [1.807, 2.05) is 0 Å². The summed E-state index contributed by atoms with van der Waals surface area (Å²) in [6, 6.07) is 4.79. The molecule has 0 aliphatic heterocycles. The number of methoxy groups -OCH3 is 1. The van der Waals surface area contributed by atoms with Crippen LogP contribution < -0.4 is 10.1 Å². The van der Waals surface area contributed by atoms with E-state index in [4.69, 9.17) is 44.3 Å². The van der Waals surface area contributed by atoms with Crippen LogP contribution in [0.3, 0.4) is 0 Å². The van der Waals surface area contributed by atoms with Crippen molar-refractivity contribution in [2.45, 2.75) is 30.7 Å². The number of hydrogen-bond donors (Lipinski definition) is 1. The van der Waals surface area contributed by atoms with E-state index in [9.17, 15) is 9.59 Å². The van der Waals surface area contributed by atoms with Gasteiger partial charge < -0.3 is 14.8 Å². The van der Waals surface area contributed by atoms with Gasteiger partial charge in [-0.1, -0.05) is 11.6 Å². The summed E-state index contributed by atoms with van der Waals surface area (Å²) < 4.78 is 9.15. The van der Waals surface area contributed by atoms with E-state index < -0.39 is 27.7 Å². The van der Waals surface area contributed by atoms with Crippen LogP contribution in [0.1, 0.15) is 20.3 Å². The van der Waals surface area contributed by atoms with Gasteiger partial charge >= 0.3 is 5.97 Å². The second kappa shape index (κ2) is 6.38. The van der Waals surface area contributed by atoms with E-state index in [0.717, 1.165) is 0 Å². The topological polar surface area (TPSA) is 64.6 Å². The van der Waals surface area contributed by atoms with Crippen LogP contribution in [0.5, 0.6) is 5.75 Å². The number of amides is 1. The Morgan fingerprint density at radius 2 is 1.96 bits per heavy atom. The van der Waals surface area contributed by atoms with Crippen molar-refractivity contribution in [3.63, 3.8) is 0 Å². The smallest absolute Gasteiger partial charge is 0.315 e. The first-order valence-electron chi connectivity index (χ1n) is 6.84. The summed E-state index contributed by atoms with van der Waals surface area (Å²) >= 11 is 17.8. The van der Waals surface area contributed by atoms with Crippen molar-refractivity contribution in [1.82, 2.24) is 0 Å². The molecule has 0 unspecified atom stereocenters. The average Bonchev–Trinajstić information content (AvgIpc) is 2.99. The molecule has 0 aromatic heterocycles. The number of anilines is 1. The number of carbonyl (C=O) groups excluding carboxylic acids is 2. The summed E-state index contributed by atoms with van der Waals surface area (Å²) in [6.45, 7) is 3.06. The highest BCUT2D eigenvalue weighted by atomic mass is 35.5. The molecule has 1 amide bonds.